The van der Waals surface area contributed by atoms with Crippen molar-refractivity contribution in [3.8, 4) is 0 Å². The Morgan fingerprint density at radius 2 is 1.44 bits per heavy atom. The average molecular weight is 460 g/mol. The van der Waals surface area contributed by atoms with E-state index in [9.17, 15) is 9.90 Å². The third-order valence-electron chi connectivity index (χ3n) is 5.65. The summed E-state index contributed by atoms with van der Waals surface area (Å²) >= 11 is 0. The van der Waals surface area contributed by atoms with E-state index in [4.69, 9.17) is 9.72 Å². The molecule has 176 valence electrons. The summed E-state index contributed by atoms with van der Waals surface area (Å²) in [5, 5.41) is 17.9. The molecule has 0 fully saturated rings. The van der Waals surface area contributed by atoms with Gasteiger partial charge in [0.25, 0.3) is 0 Å². The van der Waals surface area contributed by atoms with Crippen molar-refractivity contribution in [2.45, 2.75) is 6.61 Å². The monoisotopic (exact) mass is 459 g/mol. The molecule has 34 heavy (non-hydrogen) atoms. The zero-order valence-corrected chi connectivity index (χ0v) is 20.0. The number of ether oxygens (including phenoxy) is 1. The van der Waals surface area contributed by atoms with Crippen LogP contribution in [0.15, 0.2) is 54.6 Å². The largest absolute Gasteiger partial charge is 0.453 e. The third-order valence-corrected chi connectivity index (χ3v) is 5.65. The highest BCUT2D eigenvalue weighted by Crippen LogP contribution is 2.36. The number of anilines is 5. The minimum absolute atomic E-state index is 0.165. The van der Waals surface area contributed by atoms with Crippen molar-refractivity contribution in [1.29, 1.82) is 0 Å². The van der Waals surface area contributed by atoms with Crippen LogP contribution >= 0.6 is 0 Å². The van der Waals surface area contributed by atoms with E-state index in [2.05, 4.69) is 47.0 Å². The van der Waals surface area contributed by atoms with Gasteiger partial charge in [-0.1, -0.05) is 0 Å². The topological polar surface area (TPSA) is 90.0 Å². The number of fused-ring (bicyclic) bond motifs is 2. The summed E-state index contributed by atoms with van der Waals surface area (Å²) in [6, 6.07) is 17.7. The van der Waals surface area contributed by atoms with Crippen LogP contribution in [0, 0.1) is 0 Å². The van der Waals surface area contributed by atoms with Gasteiger partial charge < -0.3 is 25.0 Å². The molecule has 1 heterocycles. The van der Waals surface area contributed by atoms with E-state index in [1.54, 1.807) is 12.1 Å². The lowest BCUT2D eigenvalue weighted by Gasteiger charge is -2.19. The zero-order chi connectivity index (χ0) is 24.4. The van der Waals surface area contributed by atoms with Crippen molar-refractivity contribution >= 4 is 56.3 Å². The maximum absolute atomic E-state index is 11.7. The molecular weight excluding hydrogens is 430 g/mol. The molecule has 3 N–H and O–H groups in total. The number of nitrogens with zero attached hydrogens (tertiary/aromatic N) is 3. The Morgan fingerprint density at radius 1 is 0.882 bits per heavy atom. The molecule has 0 radical (unpaired) electrons. The number of carbonyl (C=O) groups excluding carboxylic acids is 1. The van der Waals surface area contributed by atoms with E-state index in [0.717, 1.165) is 44.6 Å². The van der Waals surface area contributed by atoms with Crippen LogP contribution in [0.4, 0.5) is 33.2 Å². The van der Waals surface area contributed by atoms with E-state index in [1.165, 1.54) is 7.11 Å². The van der Waals surface area contributed by atoms with Crippen LogP contribution in [-0.4, -0.2) is 51.5 Å². The molecule has 8 nitrogen and oxygen atoms in total. The molecule has 0 saturated heterocycles. The summed E-state index contributed by atoms with van der Waals surface area (Å²) in [6.45, 7) is -0.165. The smallest absolute Gasteiger partial charge is 0.411 e. The molecule has 4 aromatic rings. The van der Waals surface area contributed by atoms with Gasteiger partial charge in [0.1, 0.15) is 0 Å². The molecule has 0 saturated carbocycles. The molecule has 8 heteroatoms. The molecular formula is C26H29N5O3. The van der Waals surface area contributed by atoms with E-state index >= 15 is 0 Å². The summed E-state index contributed by atoms with van der Waals surface area (Å²) in [7, 11) is 9.32. The van der Waals surface area contributed by atoms with Crippen molar-refractivity contribution < 1.29 is 14.6 Å². The molecule has 4 rings (SSSR count). The van der Waals surface area contributed by atoms with E-state index in [1.807, 2.05) is 44.1 Å². The van der Waals surface area contributed by atoms with Gasteiger partial charge in [-0.25, -0.2) is 9.78 Å². The number of aromatic nitrogens is 1. The molecule has 0 bridgehead atoms. The van der Waals surface area contributed by atoms with Crippen LogP contribution in [0.3, 0.4) is 0 Å². The van der Waals surface area contributed by atoms with Crippen LogP contribution in [0.1, 0.15) is 5.56 Å². The molecule has 0 unspecified atom stereocenters. The predicted octanol–water partition coefficient (Wildman–Crippen LogP) is 4.93. The second-order valence-corrected chi connectivity index (χ2v) is 8.50. The van der Waals surface area contributed by atoms with Crippen LogP contribution < -0.4 is 20.4 Å². The summed E-state index contributed by atoms with van der Waals surface area (Å²) in [5.41, 5.74) is 6.64. The SMILES string of the molecule is COC(=O)Nc1cc(CO)cc(Nc2c3ccc(N(C)C)cc3nc3cc(N(C)C)ccc23)c1. The Balaban J connectivity index is 1.91. The van der Waals surface area contributed by atoms with Crippen molar-refractivity contribution in [3.63, 3.8) is 0 Å². The first kappa shape index (κ1) is 23.1. The number of benzene rings is 3. The fraction of sp³-hybridized carbons (Fsp3) is 0.231. The minimum atomic E-state index is -0.576. The molecule has 0 aliphatic carbocycles. The molecule has 0 aliphatic heterocycles. The normalized spacial score (nSPS) is 10.9. The first-order valence-electron chi connectivity index (χ1n) is 10.9. The molecule has 0 spiro atoms. The van der Waals surface area contributed by atoms with Gasteiger partial charge in [0.15, 0.2) is 0 Å². The second-order valence-electron chi connectivity index (χ2n) is 8.50. The second kappa shape index (κ2) is 9.44. The first-order chi connectivity index (χ1) is 16.3. The van der Waals surface area contributed by atoms with Crippen LogP contribution in [0.25, 0.3) is 21.8 Å². The van der Waals surface area contributed by atoms with Gasteiger partial charge in [0.2, 0.25) is 0 Å². The van der Waals surface area contributed by atoms with Crippen LogP contribution in [0.2, 0.25) is 0 Å². The molecule has 0 aliphatic rings. The van der Waals surface area contributed by atoms with E-state index in [0.29, 0.717) is 11.3 Å². The van der Waals surface area contributed by atoms with Crippen LogP contribution in [-0.2, 0) is 11.3 Å². The lowest BCUT2D eigenvalue weighted by Crippen LogP contribution is -2.11. The van der Waals surface area contributed by atoms with Crippen molar-refractivity contribution in [2.24, 2.45) is 0 Å². The number of aliphatic hydroxyl groups is 1. The van der Waals surface area contributed by atoms with E-state index < -0.39 is 6.09 Å². The molecule has 3 aromatic carbocycles. The fourth-order valence-corrected chi connectivity index (χ4v) is 3.85. The van der Waals surface area contributed by atoms with Crippen molar-refractivity contribution in [1.82, 2.24) is 4.98 Å². The Hall–Kier alpha value is -4.04. The fourth-order valence-electron chi connectivity index (χ4n) is 3.85. The number of pyridine rings is 1. The van der Waals surface area contributed by atoms with Gasteiger partial charge in [-0.15, -0.1) is 0 Å². The van der Waals surface area contributed by atoms with Gasteiger partial charge in [-0.05, 0) is 60.2 Å². The van der Waals surface area contributed by atoms with Crippen molar-refractivity contribution in [3.05, 3.63) is 60.2 Å². The quantitative estimate of drug-likeness (QED) is 0.352. The van der Waals surface area contributed by atoms with Gasteiger partial charge >= 0.3 is 6.09 Å². The van der Waals surface area contributed by atoms with Crippen LogP contribution in [0.5, 0.6) is 0 Å². The van der Waals surface area contributed by atoms with Crippen molar-refractivity contribution in [2.75, 3.05) is 55.7 Å². The Morgan fingerprint density at radius 3 is 1.94 bits per heavy atom. The van der Waals surface area contributed by atoms with Gasteiger partial charge in [-0.2, -0.15) is 0 Å². The first-order valence-corrected chi connectivity index (χ1v) is 10.9. The summed E-state index contributed by atoms with van der Waals surface area (Å²) < 4.78 is 4.71. The standard InChI is InChI=1S/C26H29N5O3/c1-30(2)19-6-8-21-23(13-19)29-24-14-20(31(3)4)7-9-22(24)25(21)27-17-10-16(15-32)11-18(12-17)28-26(33)34-5/h6-14,32H,15H2,1-5H3,(H,27,29)(H,28,33). The third kappa shape index (κ3) is 4.67. The molecule has 1 amide bonds. The average Bonchev–Trinajstić information content (AvgIpc) is 2.82. The number of hydrogen-bond acceptors (Lipinski definition) is 7. The number of rotatable bonds is 6. The Bertz CT molecular complexity index is 1300. The predicted molar refractivity (Wildman–Crippen MR) is 140 cm³/mol. The van der Waals surface area contributed by atoms with Gasteiger partial charge in [0.05, 0.1) is 30.4 Å². The maximum atomic E-state index is 11.7. The summed E-state index contributed by atoms with van der Waals surface area (Å²) in [6.07, 6.45) is -0.576. The minimum Gasteiger partial charge on any atom is -0.453 e. The van der Waals surface area contributed by atoms with E-state index in [-0.39, 0.29) is 6.61 Å². The van der Waals surface area contributed by atoms with Gasteiger partial charge in [-0.3, -0.25) is 5.32 Å². The Labute approximate surface area is 198 Å². The number of nitrogens with one attached hydrogen (secondary N) is 2. The highest BCUT2D eigenvalue weighted by atomic mass is 16.5. The highest BCUT2D eigenvalue weighted by molar-refractivity contribution is 6.10. The number of carbonyl (C=O) groups is 1. The Kier molecular flexibility index (Phi) is 6.43. The number of amides is 1. The maximum Gasteiger partial charge on any atom is 0.411 e. The highest BCUT2D eigenvalue weighted by Gasteiger charge is 2.13. The lowest BCUT2D eigenvalue weighted by molar-refractivity contribution is 0.187. The summed E-state index contributed by atoms with van der Waals surface area (Å²) in [5.74, 6) is 0. The zero-order valence-electron chi connectivity index (χ0n) is 20.0. The van der Waals surface area contributed by atoms with Gasteiger partial charge in [0, 0.05) is 61.7 Å². The summed E-state index contributed by atoms with van der Waals surface area (Å²) in [4.78, 5) is 20.8. The number of methoxy groups -OCH3 is 1. The lowest BCUT2D eigenvalue weighted by atomic mass is 10.1. The molecule has 1 aromatic heterocycles. The molecule has 0 atom stereocenters. The number of aliphatic hydroxyl groups excluding tert-OH is 1. The number of hydrogen-bond donors (Lipinski definition) is 3.